The Morgan fingerprint density at radius 2 is 1.03 bits per heavy atom. The van der Waals surface area contributed by atoms with Crippen LogP contribution in [-0.2, 0) is 14.4 Å². The van der Waals surface area contributed by atoms with Crippen LogP contribution in [0.25, 0.3) is 0 Å². The molecule has 0 fully saturated rings. The molecule has 0 saturated carbocycles. The van der Waals surface area contributed by atoms with Crippen molar-refractivity contribution in [1.82, 2.24) is 0 Å². The van der Waals surface area contributed by atoms with E-state index in [9.17, 15) is 29.7 Å². The van der Waals surface area contributed by atoms with Crippen LogP contribution < -0.4 is 5.11 Å². The third-order valence-corrected chi connectivity index (χ3v) is 7.58. The number of rotatable bonds is 25. The summed E-state index contributed by atoms with van der Waals surface area (Å²) in [5, 5.41) is 32.8. The summed E-state index contributed by atoms with van der Waals surface area (Å²) in [7, 11) is 0. The molecule has 0 bridgehead atoms. The van der Waals surface area contributed by atoms with Crippen LogP contribution in [-0.4, -0.2) is 57.3 Å². The first-order chi connectivity index (χ1) is 17.7. The summed E-state index contributed by atoms with van der Waals surface area (Å²) in [6.07, 6.45) is 18.7. The topological polar surface area (TPSA) is 115 Å². The Bertz CT molecular complexity index is 603. The lowest BCUT2D eigenvalue weighted by molar-refractivity contribution is -0.975. The first-order valence-electron chi connectivity index (χ1n) is 14.9. The molecule has 0 aromatic rings. The van der Waals surface area contributed by atoms with Gasteiger partial charge in [0, 0.05) is 19.3 Å². The molecule has 0 aromatic carbocycles. The second kappa shape index (κ2) is 21.1. The first-order valence-corrected chi connectivity index (χ1v) is 14.9. The lowest BCUT2D eigenvalue weighted by atomic mass is 9.91. The van der Waals surface area contributed by atoms with Gasteiger partial charge in [0.05, 0.1) is 12.5 Å². The number of hydrogen-bond donors (Lipinski definition) is 2. The van der Waals surface area contributed by atoms with Crippen molar-refractivity contribution in [3.05, 3.63) is 12.2 Å². The normalized spacial score (nSPS) is 15.8. The van der Waals surface area contributed by atoms with Crippen molar-refractivity contribution in [3.63, 3.8) is 0 Å². The highest BCUT2D eigenvalue weighted by molar-refractivity contribution is 5.77. The van der Waals surface area contributed by atoms with Crippen LogP contribution >= 0.6 is 0 Å². The number of unbranched alkanes of at least 4 members (excludes halogenated alkanes) is 9. The lowest BCUT2D eigenvalue weighted by Crippen LogP contribution is -2.74. The van der Waals surface area contributed by atoms with E-state index in [-0.39, 0.29) is 25.8 Å². The standard InChI is InChI=1S/C30H55NO6/c1-5-9-10-11-12-13-14-15-16-17-18-19-20-24-31(25(21-6-2)28(32)33,26(22-7-3)29(34)35)27(23-8-4)30(36)37/h16-17,25-27H,5-15,18-24H2,1-4H3,(H2-,32,33,34,35,36,37)/b17-16+. The molecular weight excluding hydrogens is 470 g/mol. The molecule has 3 atom stereocenters. The number of hydrogen-bond acceptors (Lipinski definition) is 4. The van der Waals surface area contributed by atoms with Gasteiger partial charge in [0.15, 0.2) is 12.1 Å². The van der Waals surface area contributed by atoms with Gasteiger partial charge in [-0.1, -0.05) is 84.8 Å². The van der Waals surface area contributed by atoms with Gasteiger partial charge in [0.2, 0.25) is 0 Å². The summed E-state index contributed by atoms with van der Waals surface area (Å²) in [4.78, 5) is 37.4. The van der Waals surface area contributed by atoms with Gasteiger partial charge in [0.1, 0.15) is 6.04 Å². The fourth-order valence-electron chi connectivity index (χ4n) is 5.74. The van der Waals surface area contributed by atoms with Gasteiger partial charge >= 0.3 is 11.9 Å². The summed E-state index contributed by atoms with van der Waals surface area (Å²) >= 11 is 0. The van der Waals surface area contributed by atoms with E-state index in [1.165, 1.54) is 44.9 Å². The van der Waals surface area contributed by atoms with Crippen LogP contribution in [0.2, 0.25) is 0 Å². The number of carboxylic acids is 3. The summed E-state index contributed by atoms with van der Waals surface area (Å²) in [5.74, 6) is -3.59. The maximum atomic E-state index is 12.5. The molecule has 7 nitrogen and oxygen atoms in total. The van der Waals surface area contributed by atoms with Crippen molar-refractivity contribution in [3.8, 4) is 0 Å². The number of quaternary nitrogens is 1. The molecule has 0 amide bonds. The van der Waals surface area contributed by atoms with E-state index in [0.717, 1.165) is 19.3 Å². The Labute approximate surface area is 225 Å². The van der Waals surface area contributed by atoms with E-state index in [1.54, 1.807) is 0 Å². The zero-order chi connectivity index (χ0) is 28.1. The molecule has 37 heavy (non-hydrogen) atoms. The quantitative estimate of drug-likeness (QED) is 0.0846. The molecule has 7 heteroatoms. The summed E-state index contributed by atoms with van der Waals surface area (Å²) in [5.41, 5.74) is 0. The molecule has 0 aliphatic carbocycles. The smallest absolute Gasteiger partial charge is 0.362 e. The van der Waals surface area contributed by atoms with Gasteiger partial charge in [-0.3, -0.25) is 4.48 Å². The minimum absolute atomic E-state index is 0.196. The fraction of sp³-hybridized carbons (Fsp3) is 0.833. The SMILES string of the molecule is CCCCCCCCC/C=C/CCCC[N+](C(CCC)C(=O)[O-])(C(CCC)C(=O)O)C(CCC)C(=O)O. The van der Waals surface area contributed by atoms with Crippen LogP contribution in [0, 0.1) is 0 Å². The molecule has 0 radical (unpaired) electrons. The van der Waals surface area contributed by atoms with Crippen LogP contribution in [0.3, 0.4) is 0 Å². The van der Waals surface area contributed by atoms with E-state index in [0.29, 0.717) is 25.7 Å². The van der Waals surface area contributed by atoms with Gasteiger partial charge in [-0.15, -0.1) is 0 Å². The van der Waals surface area contributed by atoms with Crippen molar-refractivity contribution in [2.24, 2.45) is 0 Å². The molecular formula is C30H55NO6. The van der Waals surface area contributed by atoms with E-state index < -0.39 is 40.5 Å². The van der Waals surface area contributed by atoms with Crippen molar-refractivity contribution >= 4 is 17.9 Å². The zero-order valence-corrected chi connectivity index (χ0v) is 24.1. The van der Waals surface area contributed by atoms with E-state index in [4.69, 9.17) is 0 Å². The monoisotopic (exact) mass is 525 g/mol. The number of aliphatic carboxylic acids is 3. The molecule has 0 heterocycles. The Morgan fingerprint density at radius 1 is 0.622 bits per heavy atom. The maximum Gasteiger partial charge on any atom is 0.362 e. The fourth-order valence-corrected chi connectivity index (χ4v) is 5.74. The van der Waals surface area contributed by atoms with Crippen molar-refractivity contribution in [2.75, 3.05) is 6.54 Å². The van der Waals surface area contributed by atoms with Crippen molar-refractivity contribution in [2.45, 2.75) is 155 Å². The Kier molecular flexibility index (Phi) is 20.0. The molecule has 216 valence electrons. The second-order valence-electron chi connectivity index (χ2n) is 10.5. The molecule has 0 rings (SSSR count). The largest absolute Gasteiger partial charge is 0.544 e. The minimum atomic E-state index is -1.35. The molecule has 3 unspecified atom stereocenters. The van der Waals surface area contributed by atoms with Crippen LogP contribution in [0.4, 0.5) is 0 Å². The van der Waals surface area contributed by atoms with Gasteiger partial charge in [-0.2, -0.15) is 0 Å². The van der Waals surface area contributed by atoms with Crippen LogP contribution in [0.15, 0.2) is 12.2 Å². The molecule has 0 spiro atoms. The molecule has 0 aromatic heterocycles. The average Bonchev–Trinajstić information content (AvgIpc) is 2.85. The molecule has 0 aliphatic heterocycles. The van der Waals surface area contributed by atoms with Gasteiger partial charge in [0.25, 0.3) is 0 Å². The lowest BCUT2D eigenvalue weighted by Gasteiger charge is -2.52. The van der Waals surface area contributed by atoms with Gasteiger partial charge < -0.3 is 20.1 Å². The van der Waals surface area contributed by atoms with Gasteiger partial charge in [-0.25, -0.2) is 9.59 Å². The average molecular weight is 526 g/mol. The summed E-state index contributed by atoms with van der Waals surface area (Å²) in [6.45, 7) is 7.97. The molecule has 0 saturated heterocycles. The summed E-state index contributed by atoms with van der Waals surface area (Å²) < 4.78 is -0.454. The summed E-state index contributed by atoms with van der Waals surface area (Å²) in [6, 6.07) is -3.36. The maximum absolute atomic E-state index is 12.5. The predicted octanol–water partition coefficient (Wildman–Crippen LogP) is 6.10. The van der Waals surface area contributed by atoms with Gasteiger partial charge in [-0.05, 0) is 44.9 Å². The van der Waals surface area contributed by atoms with Crippen LogP contribution in [0.5, 0.6) is 0 Å². The van der Waals surface area contributed by atoms with E-state index >= 15 is 0 Å². The zero-order valence-electron chi connectivity index (χ0n) is 24.1. The molecule has 0 aliphatic rings. The van der Waals surface area contributed by atoms with Crippen molar-refractivity contribution < 1.29 is 34.2 Å². The Hall–Kier alpha value is -1.89. The van der Waals surface area contributed by atoms with Crippen molar-refractivity contribution in [1.29, 1.82) is 0 Å². The highest BCUT2D eigenvalue weighted by atomic mass is 16.4. The first kappa shape index (κ1) is 35.1. The third-order valence-electron chi connectivity index (χ3n) is 7.58. The Morgan fingerprint density at radius 3 is 1.43 bits per heavy atom. The second-order valence-corrected chi connectivity index (χ2v) is 10.5. The predicted molar refractivity (Wildman–Crippen MR) is 147 cm³/mol. The number of carbonyl (C=O) groups excluding carboxylic acids is 1. The number of nitrogens with zero attached hydrogens (tertiary/aromatic N) is 1. The number of carbonyl (C=O) groups is 3. The highest BCUT2D eigenvalue weighted by Crippen LogP contribution is 2.34. The van der Waals surface area contributed by atoms with E-state index in [2.05, 4.69) is 19.1 Å². The minimum Gasteiger partial charge on any atom is -0.544 e. The molecule has 2 N–H and O–H groups in total. The van der Waals surface area contributed by atoms with E-state index in [1.807, 2.05) is 20.8 Å². The van der Waals surface area contributed by atoms with Crippen LogP contribution in [0.1, 0.15) is 137 Å². The number of allylic oxidation sites excluding steroid dienone is 2. The number of carboxylic acid groups (broad SMARTS) is 3. The third kappa shape index (κ3) is 12.5. The highest BCUT2D eigenvalue weighted by Gasteiger charge is 2.54. The Balaban J connectivity index is 5.54.